The van der Waals surface area contributed by atoms with E-state index in [1.54, 1.807) is 30.1 Å². The number of aliphatic hydroxyl groups is 1. The Morgan fingerprint density at radius 2 is 2.05 bits per heavy atom. The molecule has 1 fully saturated rings. The van der Waals surface area contributed by atoms with Gasteiger partial charge in [-0.15, -0.1) is 0 Å². The molecule has 0 unspecified atom stereocenters. The van der Waals surface area contributed by atoms with Crippen molar-refractivity contribution in [3.63, 3.8) is 0 Å². The summed E-state index contributed by atoms with van der Waals surface area (Å²) in [4.78, 5) is 15.7. The van der Waals surface area contributed by atoms with Gasteiger partial charge in [0.2, 0.25) is 5.91 Å². The minimum absolute atomic E-state index is 0.0233. The number of hydrogen-bond donors (Lipinski definition) is 1. The fraction of sp³-hybridized carbons (Fsp3) is 0.500. The van der Waals surface area contributed by atoms with Gasteiger partial charge in [0.15, 0.2) is 0 Å². The van der Waals surface area contributed by atoms with E-state index in [1.165, 1.54) is 0 Å². The first-order chi connectivity index (χ1) is 9.44. The third kappa shape index (κ3) is 4.35. The fourth-order valence-corrected chi connectivity index (χ4v) is 2.90. The van der Waals surface area contributed by atoms with Crippen LogP contribution in [0, 0.1) is 0 Å². The number of nitrogens with zero attached hydrogens (tertiary/aromatic N) is 2. The van der Waals surface area contributed by atoms with Gasteiger partial charge in [0.05, 0.1) is 12.6 Å². The number of aliphatic hydroxyl groups excluding tert-OH is 1. The van der Waals surface area contributed by atoms with Crippen LogP contribution in [0.2, 0.25) is 10.0 Å². The molecule has 0 radical (unpaired) electrons. The first-order valence-corrected chi connectivity index (χ1v) is 7.29. The highest BCUT2D eigenvalue weighted by Crippen LogP contribution is 2.20. The zero-order valence-electron chi connectivity index (χ0n) is 11.4. The number of carbonyl (C=O) groups excluding carboxylic acids is 1. The molecule has 1 amide bonds. The Balaban J connectivity index is 1.90. The average Bonchev–Trinajstić information content (AvgIpc) is 2.73. The molecule has 0 aromatic heterocycles. The van der Waals surface area contributed by atoms with Gasteiger partial charge in [0.25, 0.3) is 0 Å². The topological polar surface area (TPSA) is 43.8 Å². The number of likely N-dealkylation sites (tertiary alicyclic amines) is 1. The Morgan fingerprint density at radius 3 is 2.60 bits per heavy atom. The van der Waals surface area contributed by atoms with Crippen molar-refractivity contribution in [3.05, 3.63) is 33.8 Å². The summed E-state index contributed by atoms with van der Waals surface area (Å²) >= 11 is 11.9. The summed E-state index contributed by atoms with van der Waals surface area (Å²) in [6.45, 7) is 2.14. The number of benzene rings is 1. The lowest BCUT2D eigenvalue weighted by molar-refractivity contribution is -0.131. The number of hydrogen-bond acceptors (Lipinski definition) is 3. The maximum absolute atomic E-state index is 12.1. The van der Waals surface area contributed by atoms with Crippen LogP contribution in [0.25, 0.3) is 0 Å². The third-order valence-electron chi connectivity index (χ3n) is 3.37. The number of carbonyl (C=O) groups is 1. The van der Waals surface area contributed by atoms with Crippen molar-refractivity contribution in [2.24, 2.45) is 0 Å². The summed E-state index contributed by atoms with van der Waals surface area (Å²) in [6, 6.07) is 5.27. The Bertz CT molecular complexity index is 476. The largest absolute Gasteiger partial charge is 0.392 e. The van der Waals surface area contributed by atoms with Crippen molar-refractivity contribution in [2.75, 3.05) is 26.7 Å². The van der Waals surface area contributed by atoms with Gasteiger partial charge >= 0.3 is 0 Å². The van der Waals surface area contributed by atoms with E-state index < -0.39 is 0 Å². The second-order valence-corrected chi connectivity index (χ2v) is 6.08. The van der Waals surface area contributed by atoms with Crippen molar-refractivity contribution in [2.45, 2.75) is 19.1 Å². The van der Waals surface area contributed by atoms with E-state index in [9.17, 15) is 9.90 Å². The van der Waals surface area contributed by atoms with E-state index in [1.807, 2.05) is 4.90 Å². The van der Waals surface area contributed by atoms with Crippen LogP contribution in [0.1, 0.15) is 12.0 Å². The van der Waals surface area contributed by atoms with Crippen molar-refractivity contribution < 1.29 is 9.90 Å². The van der Waals surface area contributed by atoms with E-state index in [0.29, 0.717) is 29.7 Å². The van der Waals surface area contributed by atoms with Crippen LogP contribution in [0.3, 0.4) is 0 Å². The van der Waals surface area contributed by atoms with E-state index in [4.69, 9.17) is 23.2 Å². The molecule has 1 aliphatic rings. The molecule has 1 heterocycles. The zero-order chi connectivity index (χ0) is 14.7. The van der Waals surface area contributed by atoms with E-state index >= 15 is 0 Å². The second-order valence-electron chi connectivity index (χ2n) is 5.21. The molecule has 110 valence electrons. The summed E-state index contributed by atoms with van der Waals surface area (Å²) in [7, 11) is 1.75. The van der Waals surface area contributed by atoms with E-state index in [-0.39, 0.29) is 12.0 Å². The Morgan fingerprint density at radius 1 is 1.40 bits per heavy atom. The molecule has 1 atom stereocenters. The van der Waals surface area contributed by atoms with Gasteiger partial charge in [-0.25, -0.2) is 0 Å². The van der Waals surface area contributed by atoms with E-state index in [2.05, 4.69) is 0 Å². The molecule has 1 saturated heterocycles. The van der Waals surface area contributed by atoms with Gasteiger partial charge in [-0.05, 0) is 30.2 Å². The second kappa shape index (κ2) is 6.76. The lowest BCUT2D eigenvalue weighted by atomic mass is 10.2. The van der Waals surface area contributed by atoms with Crippen molar-refractivity contribution in [3.8, 4) is 0 Å². The van der Waals surface area contributed by atoms with Gasteiger partial charge in [-0.2, -0.15) is 0 Å². The first-order valence-electron chi connectivity index (χ1n) is 6.53. The predicted molar refractivity (Wildman–Crippen MR) is 80.0 cm³/mol. The first kappa shape index (κ1) is 15.6. The highest BCUT2D eigenvalue weighted by Gasteiger charge is 2.23. The van der Waals surface area contributed by atoms with Crippen LogP contribution in [-0.2, 0) is 11.3 Å². The molecular formula is C14H18Cl2N2O2. The van der Waals surface area contributed by atoms with Crippen LogP contribution in [-0.4, -0.2) is 53.6 Å². The molecule has 0 bridgehead atoms. The standard InChI is InChI=1S/C14H18Cl2N2O2/c1-17(7-10-4-11(15)6-12(16)5-10)14(20)9-18-3-2-13(19)8-18/h4-6,13,19H,2-3,7-9H2,1H3/t13-/m1/s1. The van der Waals surface area contributed by atoms with Gasteiger partial charge in [-0.3, -0.25) is 9.69 Å². The maximum atomic E-state index is 12.1. The summed E-state index contributed by atoms with van der Waals surface area (Å²) < 4.78 is 0. The monoisotopic (exact) mass is 316 g/mol. The lowest BCUT2D eigenvalue weighted by Crippen LogP contribution is -2.37. The summed E-state index contributed by atoms with van der Waals surface area (Å²) in [5.74, 6) is 0.0233. The smallest absolute Gasteiger partial charge is 0.236 e. The molecule has 0 aliphatic carbocycles. The van der Waals surface area contributed by atoms with E-state index in [0.717, 1.165) is 18.5 Å². The normalized spacial score (nSPS) is 19.3. The summed E-state index contributed by atoms with van der Waals surface area (Å²) in [6.07, 6.45) is 0.431. The quantitative estimate of drug-likeness (QED) is 0.924. The van der Waals surface area contributed by atoms with Crippen LogP contribution in [0.5, 0.6) is 0 Å². The third-order valence-corrected chi connectivity index (χ3v) is 3.81. The fourth-order valence-electron chi connectivity index (χ4n) is 2.33. The van der Waals surface area contributed by atoms with Crippen LogP contribution >= 0.6 is 23.2 Å². The highest BCUT2D eigenvalue weighted by atomic mass is 35.5. The Labute approximate surface area is 128 Å². The van der Waals surface area contributed by atoms with Gasteiger partial charge in [0.1, 0.15) is 0 Å². The molecule has 1 aliphatic heterocycles. The molecule has 0 spiro atoms. The van der Waals surface area contributed by atoms with Crippen LogP contribution < -0.4 is 0 Å². The lowest BCUT2D eigenvalue weighted by Gasteiger charge is -2.21. The van der Waals surface area contributed by atoms with Crippen LogP contribution in [0.4, 0.5) is 0 Å². The van der Waals surface area contributed by atoms with Gasteiger partial charge in [-0.1, -0.05) is 23.2 Å². The maximum Gasteiger partial charge on any atom is 0.236 e. The SMILES string of the molecule is CN(Cc1cc(Cl)cc(Cl)c1)C(=O)CN1CC[C@@H](O)C1. The Kier molecular flexibility index (Phi) is 5.27. The van der Waals surface area contributed by atoms with Crippen molar-refractivity contribution in [1.29, 1.82) is 0 Å². The average molecular weight is 317 g/mol. The zero-order valence-corrected chi connectivity index (χ0v) is 12.9. The molecule has 20 heavy (non-hydrogen) atoms. The predicted octanol–water partition coefficient (Wildman–Crippen LogP) is 2.02. The molecule has 0 saturated carbocycles. The summed E-state index contributed by atoms with van der Waals surface area (Å²) in [5, 5.41) is 10.6. The number of amides is 1. The van der Waals surface area contributed by atoms with Crippen molar-refractivity contribution >= 4 is 29.1 Å². The minimum Gasteiger partial charge on any atom is -0.392 e. The number of β-amino-alcohol motifs (C(OH)–C–C–N with tert-alkyl or cyclic N) is 1. The van der Waals surface area contributed by atoms with Crippen LogP contribution in [0.15, 0.2) is 18.2 Å². The molecule has 2 rings (SSSR count). The summed E-state index contributed by atoms with van der Waals surface area (Å²) in [5.41, 5.74) is 0.903. The molecular weight excluding hydrogens is 299 g/mol. The number of likely N-dealkylation sites (N-methyl/N-ethyl adjacent to an activating group) is 1. The highest BCUT2D eigenvalue weighted by molar-refractivity contribution is 6.34. The molecule has 4 nitrogen and oxygen atoms in total. The molecule has 1 aromatic rings. The minimum atomic E-state index is -0.306. The van der Waals surface area contributed by atoms with Gasteiger partial charge < -0.3 is 10.0 Å². The van der Waals surface area contributed by atoms with Gasteiger partial charge in [0, 0.05) is 36.7 Å². The number of halogens is 2. The molecule has 6 heteroatoms. The molecule has 1 aromatic carbocycles. The number of rotatable bonds is 4. The Hall–Kier alpha value is -0.810. The molecule has 1 N–H and O–H groups in total. The van der Waals surface area contributed by atoms with Crippen molar-refractivity contribution in [1.82, 2.24) is 9.80 Å².